The Morgan fingerprint density at radius 1 is 1.15 bits per heavy atom. The van der Waals surface area contributed by atoms with Gasteiger partial charge in [-0.05, 0) is 44.4 Å². The molecule has 2 rings (SSSR count). The van der Waals surface area contributed by atoms with Gasteiger partial charge in [-0.3, -0.25) is 0 Å². The first kappa shape index (κ1) is 15.2. The Morgan fingerprint density at radius 2 is 1.80 bits per heavy atom. The fraction of sp³-hybridized carbons (Fsp3) is 0.800. The zero-order valence-electron chi connectivity index (χ0n) is 12.8. The predicted molar refractivity (Wildman–Crippen MR) is 79.7 cm³/mol. The number of nitrogens with one attached hydrogen (secondary N) is 1. The van der Waals surface area contributed by atoms with Crippen LogP contribution in [0.25, 0.3) is 0 Å². The Kier molecular flexibility index (Phi) is 4.91. The molecule has 1 heterocycles. The van der Waals surface area contributed by atoms with Crippen molar-refractivity contribution in [2.24, 2.45) is 5.92 Å². The standard InChI is InChI=1S/C15H26N4O/c1-4-12-13(5-2)18-19-14(17-12)16-10-15(20)8-6-11(3)7-9-15/h11,20H,4-10H2,1-3H3,(H,16,17,19). The minimum atomic E-state index is -0.619. The molecule has 2 N–H and O–H groups in total. The lowest BCUT2D eigenvalue weighted by Crippen LogP contribution is -2.40. The topological polar surface area (TPSA) is 70.9 Å². The molecule has 0 spiro atoms. The molecule has 1 saturated carbocycles. The maximum absolute atomic E-state index is 10.5. The van der Waals surface area contributed by atoms with Crippen molar-refractivity contribution >= 4 is 5.95 Å². The molecule has 0 unspecified atom stereocenters. The second-order valence-corrected chi connectivity index (χ2v) is 6.00. The molecule has 0 aromatic carbocycles. The molecule has 5 heteroatoms. The smallest absolute Gasteiger partial charge is 0.243 e. The van der Waals surface area contributed by atoms with Crippen LogP contribution in [-0.2, 0) is 12.8 Å². The van der Waals surface area contributed by atoms with Crippen LogP contribution < -0.4 is 5.32 Å². The summed E-state index contributed by atoms with van der Waals surface area (Å²) in [6.07, 6.45) is 5.59. The molecular formula is C15H26N4O. The molecule has 112 valence electrons. The van der Waals surface area contributed by atoms with E-state index in [4.69, 9.17) is 0 Å². The molecule has 0 aliphatic heterocycles. The summed E-state index contributed by atoms with van der Waals surface area (Å²) in [5, 5.41) is 22.0. The summed E-state index contributed by atoms with van der Waals surface area (Å²) >= 11 is 0. The average Bonchev–Trinajstić information content (AvgIpc) is 2.48. The van der Waals surface area contributed by atoms with Gasteiger partial charge in [0.2, 0.25) is 5.95 Å². The van der Waals surface area contributed by atoms with Gasteiger partial charge in [0.05, 0.1) is 17.0 Å². The van der Waals surface area contributed by atoms with E-state index >= 15 is 0 Å². The number of hydrogen-bond acceptors (Lipinski definition) is 5. The van der Waals surface area contributed by atoms with E-state index in [9.17, 15) is 5.11 Å². The maximum Gasteiger partial charge on any atom is 0.243 e. The van der Waals surface area contributed by atoms with E-state index in [1.54, 1.807) is 0 Å². The highest BCUT2D eigenvalue weighted by Crippen LogP contribution is 2.31. The first-order valence-electron chi connectivity index (χ1n) is 7.75. The summed E-state index contributed by atoms with van der Waals surface area (Å²) in [6.45, 7) is 6.89. The zero-order chi connectivity index (χ0) is 14.6. The number of hydrogen-bond donors (Lipinski definition) is 2. The molecular weight excluding hydrogens is 252 g/mol. The van der Waals surface area contributed by atoms with Crippen LogP contribution in [0, 0.1) is 5.92 Å². The van der Waals surface area contributed by atoms with Gasteiger partial charge in [0.1, 0.15) is 0 Å². The van der Waals surface area contributed by atoms with Crippen molar-refractivity contribution in [2.45, 2.75) is 64.9 Å². The van der Waals surface area contributed by atoms with Gasteiger partial charge < -0.3 is 10.4 Å². The highest BCUT2D eigenvalue weighted by molar-refractivity contribution is 5.26. The van der Waals surface area contributed by atoms with Crippen molar-refractivity contribution in [3.8, 4) is 0 Å². The minimum Gasteiger partial charge on any atom is -0.388 e. The number of aryl methyl sites for hydroxylation is 2. The van der Waals surface area contributed by atoms with Crippen LogP contribution in [0.4, 0.5) is 5.95 Å². The summed E-state index contributed by atoms with van der Waals surface area (Å²) in [7, 11) is 0. The zero-order valence-corrected chi connectivity index (χ0v) is 12.8. The lowest BCUT2D eigenvalue weighted by atomic mass is 9.79. The number of nitrogens with zero attached hydrogens (tertiary/aromatic N) is 3. The van der Waals surface area contributed by atoms with Crippen molar-refractivity contribution in [1.82, 2.24) is 15.2 Å². The molecule has 0 bridgehead atoms. The summed E-state index contributed by atoms with van der Waals surface area (Å²) < 4.78 is 0. The highest BCUT2D eigenvalue weighted by atomic mass is 16.3. The van der Waals surface area contributed by atoms with E-state index in [2.05, 4.69) is 41.3 Å². The molecule has 1 aromatic heterocycles. The second kappa shape index (κ2) is 6.48. The summed E-state index contributed by atoms with van der Waals surface area (Å²) in [5.41, 5.74) is 1.34. The third-order valence-corrected chi connectivity index (χ3v) is 4.29. The molecule has 5 nitrogen and oxygen atoms in total. The largest absolute Gasteiger partial charge is 0.388 e. The van der Waals surface area contributed by atoms with Crippen molar-refractivity contribution < 1.29 is 5.11 Å². The molecule has 0 atom stereocenters. The maximum atomic E-state index is 10.5. The predicted octanol–water partition coefficient (Wildman–Crippen LogP) is 2.35. The van der Waals surface area contributed by atoms with Gasteiger partial charge in [-0.15, -0.1) is 5.10 Å². The first-order chi connectivity index (χ1) is 9.56. The first-order valence-corrected chi connectivity index (χ1v) is 7.75. The lowest BCUT2D eigenvalue weighted by molar-refractivity contribution is 0.00486. The van der Waals surface area contributed by atoms with Crippen LogP contribution in [0.2, 0.25) is 0 Å². The van der Waals surface area contributed by atoms with Crippen LogP contribution in [0.5, 0.6) is 0 Å². The quantitative estimate of drug-likeness (QED) is 0.865. The monoisotopic (exact) mass is 278 g/mol. The fourth-order valence-electron chi connectivity index (χ4n) is 2.73. The van der Waals surface area contributed by atoms with Gasteiger partial charge in [-0.25, -0.2) is 4.98 Å². The Morgan fingerprint density at radius 3 is 2.40 bits per heavy atom. The van der Waals surface area contributed by atoms with E-state index in [0.29, 0.717) is 12.5 Å². The number of aromatic nitrogens is 3. The van der Waals surface area contributed by atoms with Crippen LogP contribution in [-0.4, -0.2) is 32.4 Å². The molecule has 1 aromatic rings. The molecule has 1 aliphatic carbocycles. The fourth-order valence-corrected chi connectivity index (χ4v) is 2.73. The van der Waals surface area contributed by atoms with E-state index in [0.717, 1.165) is 55.8 Å². The van der Waals surface area contributed by atoms with Crippen molar-refractivity contribution in [2.75, 3.05) is 11.9 Å². The SMILES string of the molecule is CCc1nnc(NCC2(O)CCC(C)CC2)nc1CC. The third kappa shape index (κ3) is 3.66. The Balaban J connectivity index is 1.97. The van der Waals surface area contributed by atoms with Gasteiger partial charge >= 0.3 is 0 Å². The molecule has 0 radical (unpaired) electrons. The molecule has 1 aliphatic rings. The van der Waals surface area contributed by atoms with Crippen molar-refractivity contribution in [3.05, 3.63) is 11.4 Å². The molecule has 0 amide bonds. The normalized spacial score (nSPS) is 26.5. The number of rotatable bonds is 5. The molecule has 1 fully saturated rings. The van der Waals surface area contributed by atoms with Crippen LogP contribution >= 0.6 is 0 Å². The Labute approximate surface area is 121 Å². The highest BCUT2D eigenvalue weighted by Gasteiger charge is 2.31. The summed E-state index contributed by atoms with van der Waals surface area (Å²) in [5.74, 6) is 1.26. The molecule has 20 heavy (non-hydrogen) atoms. The second-order valence-electron chi connectivity index (χ2n) is 6.00. The minimum absolute atomic E-state index is 0.510. The van der Waals surface area contributed by atoms with Crippen LogP contribution in [0.15, 0.2) is 0 Å². The summed E-state index contributed by atoms with van der Waals surface area (Å²) in [4.78, 5) is 4.50. The van der Waals surface area contributed by atoms with Crippen LogP contribution in [0.1, 0.15) is 57.8 Å². The number of anilines is 1. The number of aliphatic hydroxyl groups is 1. The van der Waals surface area contributed by atoms with E-state index in [1.807, 2.05) is 0 Å². The van der Waals surface area contributed by atoms with E-state index < -0.39 is 5.60 Å². The third-order valence-electron chi connectivity index (χ3n) is 4.29. The van der Waals surface area contributed by atoms with Gasteiger partial charge in [0, 0.05) is 6.54 Å². The van der Waals surface area contributed by atoms with Crippen molar-refractivity contribution in [3.63, 3.8) is 0 Å². The average molecular weight is 278 g/mol. The van der Waals surface area contributed by atoms with Gasteiger partial charge in [-0.2, -0.15) is 5.10 Å². The summed E-state index contributed by atoms with van der Waals surface area (Å²) in [6, 6.07) is 0. The lowest BCUT2D eigenvalue weighted by Gasteiger charge is -2.34. The Bertz CT molecular complexity index is 441. The Hall–Kier alpha value is -1.23. The van der Waals surface area contributed by atoms with Gasteiger partial charge in [0.15, 0.2) is 0 Å². The van der Waals surface area contributed by atoms with Gasteiger partial charge in [0.25, 0.3) is 0 Å². The van der Waals surface area contributed by atoms with E-state index in [-0.39, 0.29) is 0 Å². The van der Waals surface area contributed by atoms with Crippen molar-refractivity contribution in [1.29, 1.82) is 0 Å². The van der Waals surface area contributed by atoms with E-state index in [1.165, 1.54) is 0 Å². The van der Waals surface area contributed by atoms with Crippen LogP contribution in [0.3, 0.4) is 0 Å². The van der Waals surface area contributed by atoms with Gasteiger partial charge in [-0.1, -0.05) is 20.8 Å². The molecule has 0 saturated heterocycles.